The molecule has 102 valence electrons. The molecule has 0 heterocycles. The normalized spacial score (nSPS) is 13.8. The molecule has 0 aliphatic rings. The van der Waals surface area contributed by atoms with E-state index in [0.29, 0.717) is 6.54 Å². The molecule has 0 amide bonds. The summed E-state index contributed by atoms with van der Waals surface area (Å²) in [4.78, 5) is 0. The molecular formula is C12H21N3O2S. The summed E-state index contributed by atoms with van der Waals surface area (Å²) in [7, 11) is -3.47. The maximum atomic E-state index is 11.7. The summed E-state index contributed by atoms with van der Waals surface area (Å²) in [6.07, 6.45) is 0. The smallest absolute Gasteiger partial charge is 0.277 e. The molecule has 1 aromatic rings. The molecule has 0 aliphatic carbocycles. The van der Waals surface area contributed by atoms with Crippen molar-refractivity contribution in [1.29, 1.82) is 0 Å². The number of benzene rings is 1. The Morgan fingerprint density at radius 2 is 1.67 bits per heavy atom. The van der Waals surface area contributed by atoms with E-state index in [4.69, 9.17) is 5.73 Å². The van der Waals surface area contributed by atoms with Gasteiger partial charge in [-0.25, -0.2) is 0 Å². The van der Waals surface area contributed by atoms with Crippen LogP contribution in [-0.2, 0) is 16.8 Å². The molecule has 4 N–H and O–H groups in total. The van der Waals surface area contributed by atoms with Crippen LogP contribution >= 0.6 is 0 Å². The Balaban J connectivity index is 2.72. The van der Waals surface area contributed by atoms with Crippen molar-refractivity contribution in [3.63, 3.8) is 0 Å². The SMILES string of the molecule is CC(C)NS(=O)(=O)NC(C)c1ccc(CN)cc1. The molecule has 6 heteroatoms. The van der Waals surface area contributed by atoms with Gasteiger partial charge in [0.15, 0.2) is 0 Å². The molecule has 0 aromatic heterocycles. The number of rotatable bonds is 6. The Bertz CT molecular complexity index is 469. The molecule has 1 aromatic carbocycles. The van der Waals surface area contributed by atoms with Gasteiger partial charge in [0.1, 0.15) is 0 Å². The monoisotopic (exact) mass is 271 g/mol. The second-order valence-electron chi connectivity index (χ2n) is 4.56. The van der Waals surface area contributed by atoms with Crippen molar-refractivity contribution in [1.82, 2.24) is 9.44 Å². The fraction of sp³-hybridized carbons (Fsp3) is 0.500. The van der Waals surface area contributed by atoms with Gasteiger partial charge in [-0.2, -0.15) is 17.9 Å². The summed E-state index contributed by atoms with van der Waals surface area (Å²) in [6, 6.07) is 7.14. The van der Waals surface area contributed by atoms with Crippen LogP contribution in [0.4, 0.5) is 0 Å². The van der Waals surface area contributed by atoms with E-state index >= 15 is 0 Å². The predicted molar refractivity (Wildman–Crippen MR) is 73.1 cm³/mol. The van der Waals surface area contributed by atoms with Gasteiger partial charge in [0.05, 0.1) is 0 Å². The molecule has 18 heavy (non-hydrogen) atoms. The third-order valence-electron chi connectivity index (χ3n) is 2.44. The summed E-state index contributed by atoms with van der Waals surface area (Å²) < 4.78 is 28.5. The zero-order chi connectivity index (χ0) is 13.8. The van der Waals surface area contributed by atoms with Gasteiger partial charge in [-0.3, -0.25) is 0 Å². The second-order valence-corrected chi connectivity index (χ2v) is 6.04. The first-order valence-corrected chi connectivity index (χ1v) is 7.41. The molecule has 1 unspecified atom stereocenters. The topological polar surface area (TPSA) is 84.2 Å². The highest BCUT2D eigenvalue weighted by Crippen LogP contribution is 2.14. The molecule has 5 nitrogen and oxygen atoms in total. The Kier molecular flexibility index (Phi) is 5.28. The first kappa shape index (κ1) is 15.1. The van der Waals surface area contributed by atoms with Crippen LogP contribution in [0.1, 0.15) is 37.9 Å². The van der Waals surface area contributed by atoms with Gasteiger partial charge >= 0.3 is 0 Å². The van der Waals surface area contributed by atoms with Gasteiger partial charge in [0.25, 0.3) is 10.2 Å². The van der Waals surface area contributed by atoms with Crippen LogP contribution in [0.3, 0.4) is 0 Å². The maximum Gasteiger partial charge on any atom is 0.277 e. The summed E-state index contributed by atoms with van der Waals surface area (Å²) in [5.74, 6) is 0. The fourth-order valence-electron chi connectivity index (χ4n) is 1.59. The molecule has 0 spiro atoms. The lowest BCUT2D eigenvalue weighted by Gasteiger charge is -2.16. The van der Waals surface area contributed by atoms with Crippen LogP contribution < -0.4 is 15.2 Å². The van der Waals surface area contributed by atoms with E-state index in [-0.39, 0.29) is 12.1 Å². The minimum Gasteiger partial charge on any atom is -0.326 e. The van der Waals surface area contributed by atoms with E-state index in [1.807, 2.05) is 24.3 Å². The largest absolute Gasteiger partial charge is 0.326 e. The Hall–Kier alpha value is -0.950. The van der Waals surface area contributed by atoms with Gasteiger partial charge in [-0.05, 0) is 31.9 Å². The van der Waals surface area contributed by atoms with E-state index in [0.717, 1.165) is 11.1 Å². The average molecular weight is 271 g/mol. The zero-order valence-corrected chi connectivity index (χ0v) is 11.8. The molecular weight excluding hydrogens is 250 g/mol. The molecule has 1 rings (SSSR count). The highest BCUT2D eigenvalue weighted by atomic mass is 32.2. The quantitative estimate of drug-likeness (QED) is 0.722. The lowest BCUT2D eigenvalue weighted by atomic mass is 10.1. The van der Waals surface area contributed by atoms with Gasteiger partial charge < -0.3 is 5.73 Å². The number of hydrogen-bond donors (Lipinski definition) is 3. The first-order valence-electron chi connectivity index (χ1n) is 5.92. The van der Waals surface area contributed by atoms with Crippen LogP contribution in [0.2, 0.25) is 0 Å². The molecule has 0 saturated carbocycles. The minimum absolute atomic E-state index is 0.130. The Morgan fingerprint density at radius 3 is 2.11 bits per heavy atom. The first-order chi connectivity index (χ1) is 8.34. The number of hydrogen-bond acceptors (Lipinski definition) is 3. The second kappa shape index (κ2) is 6.29. The van der Waals surface area contributed by atoms with Crippen molar-refractivity contribution in [3.05, 3.63) is 35.4 Å². The Labute approximate surface area is 109 Å². The Morgan fingerprint density at radius 1 is 1.11 bits per heavy atom. The third-order valence-corrected chi connectivity index (χ3v) is 3.88. The third kappa shape index (κ3) is 4.73. The van der Waals surface area contributed by atoms with Crippen molar-refractivity contribution in [2.45, 2.75) is 39.4 Å². The van der Waals surface area contributed by atoms with Crippen LogP contribution in [0.5, 0.6) is 0 Å². The predicted octanol–water partition coefficient (Wildman–Crippen LogP) is 1.04. The van der Waals surface area contributed by atoms with Crippen molar-refractivity contribution in [2.75, 3.05) is 0 Å². The lowest BCUT2D eigenvalue weighted by molar-refractivity contribution is 0.541. The van der Waals surface area contributed by atoms with Crippen LogP contribution in [0.15, 0.2) is 24.3 Å². The summed E-state index contributed by atoms with van der Waals surface area (Å²) in [5.41, 5.74) is 7.44. The molecule has 0 fully saturated rings. The average Bonchev–Trinajstić information content (AvgIpc) is 2.26. The molecule has 0 bridgehead atoms. The summed E-state index contributed by atoms with van der Waals surface area (Å²) in [5, 5.41) is 0. The van der Waals surface area contributed by atoms with Gasteiger partial charge in [0.2, 0.25) is 0 Å². The number of nitrogens with two attached hydrogens (primary N) is 1. The molecule has 0 aliphatic heterocycles. The van der Waals surface area contributed by atoms with E-state index < -0.39 is 10.2 Å². The highest BCUT2D eigenvalue weighted by Gasteiger charge is 2.16. The highest BCUT2D eigenvalue weighted by molar-refractivity contribution is 7.87. The number of nitrogens with one attached hydrogen (secondary N) is 2. The fourth-order valence-corrected chi connectivity index (χ4v) is 2.88. The van der Waals surface area contributed by atoms with Crippen LogP contribution in [0.25, 0.3) is 0 Å². The minimum atomic E-state index is -3.47. The maximum absolute atomic E-state index is 11.7. The van der Waals surface area contributed by atoms with Crippen molar-refractivity contribution in [3.8, 4) is 0 Å². The standard InChI is InChI=1S/C12H21N3O2S/c1-9(2)14-18(16,17)15-10(3)12-6-4-11(8-13)5-7-12/h4-7,9-10,14-15H,8,13H2,1-3H3. The van der Waals surface area contributed by atoms with Crippen molar-refractivity contribution >= 4 is 10.2 Å². The van der Waals surface area contributed by atoms with Gasteiger partial charge in [0, 0.05) is 18.6 Å². The van der Waals surface area contributed by atoms with E-state index in [1.54, 1.807) is 20.8 Å². The van der Waals surface area contributed by atoms with Crippen molar-refractivity contribution < 1.29 is 8.42 Å². The molecule has 1 atom stereocenters. The summed E-state index contributed by atoms with van der Waals surface area (Å²) >= 11 is 0. The van der Waals surface area contributed by atoms with E-state index in [2.05, 4.69) is 9.44 Å². The van der Waals surface area contributed by atoms with Crippen molar-refractivity contribution in [2.24, 2.45) is 5.73 Å². The lowest BCUT2D eigenvalue weighted by Crippen LogP contribution is -2.41. The van der Waals surface area contributed by atoms with E-state index in [9.17, 15) is 8.42 Å². The van der Waals surface area contributed by atoms with Gasteiger partial charge in [-0.15, -0.1) is 0 Å². The van der Waals surface area contributed by atoms with E-state index in [1.165, 1.54) is 0 Å². The zero-order valence-electron chi connectivity index (χ0n) is 11.0. The van der Waals surface area contributed by atoms with Crippen LogP contribution in [0, 0.1) is 0 Å². The van der Waals surface area contributed by atoms with Gasteiger partial charge in [-0.1, -0.05) is 24.3 Å². The molecule has 0 saturated heterocycles. The summed E-state index contributed by atoms with van der Waals surface area (Å²) in [6.45, 7) is 5.84. The van der Waals surface area contributed by atoms with Crippen LogP contribution in [-0.4, -0.2) is 14.5 Å². The molecule has 0 radical (unpaired) electrons.